The third-order valence-corrected chi connectivity index (χ3v) is 7.09. The lowest BCUT2D eigenvalue weighted by atomic mass is 9.96. The number of para-hydroxylation sites is 2. The number of benzene rings is 3. The molecule has 6 nitrogen and oxygen atoms in total. The normalized spacial score (nSPS) is 16.6. The van der Waals surface area contributed by atoms with E-state index in [2.05, 4.69) is 16.3 Å². The number of fused-ring (bicyclic) bond motifs is 6. The van der Waals surface area contributed by atoms with Crippen LogP contribution in [0, 0.1) is 5.82 Å². The van der Waals surface area contributed by atoms with Crippen LogP contribution in [0.5, 0.6) is 0 Å². The van der Waals surface area contributed by atoms with Gasteiger partial charge in [0.2, 0.25) is 5.91 Å². The van der Waals surface area contributed by atoms with Crippen LogP contribution >= 0.6 is 0 Å². The smallest absolute Gasteiger partial charge is 0.257 e. The van der Waals surface area contributed by atoms with Crippen molar-refractivity contribution in [3.05, 3.63) is 101 Å². The SMILES string of the molecule is CN1c2ccccc2C(=O)N2CCc3c(n(CC(=O)NCc4cccc(F)c4)c4ccccc34)[C@@H]21. The highest BCUT2D eigenvalue weighted by Crippen LogP contribution is 2.44. The fourth-order valence-corrected chi connectivity index (χ4v) is 5.53. The summed E-state index contributed by atoms with van der Waals surface area (Å²) in [6.07, 6.45) is 0.427. The van der Waals surface area contributed by atoms with Gasteiger partial charge < -0.3 is 19.7 Å². The first-order valence-electron chi connectivity index (χ1n) is 11.8. The summed E-state index contributed by atoms with van der Waals surface area (Å²) in [7, 11) is 2.00. The van der Waals surface area contributed by atoms with Crippen LogP contribution in [0.4, 0.5) is 10.1 Å². The van der Waals surface area contributed by atoms with E-state index in [0.29, 0.717) is 17.7 Å². The fraction of sp³-hybridized carbons (Fsp3) is 0.214. The molecule has 0 saturated heterocycles. The van der Waals surface area contributed by atoms with Gasteiger partial charge in [0.05, 0.1) is 16.9 Å². The predicted octanol–water partition coefficient (Wildman–Crippen LogP) is 4.24. The van der Waals surface area contributed by atoms with E-state index in [1.807, 2.05) is 59.0 Å². The lowest BCUT2D eigenvalue weighted by Gasteiger charge is -2.46. The van der Waals surface area contributed by atoms with E-state index < -0.39 is 0 Å². The average molecular weight is 469 g/mol. The number of aromatic nitrogens is 1. The van der Waals surface area contributed by atoms with Gasteiger partial charge >= 0.3 is 0 Å². The summed E-state index contributed by atoms with van der Waals surface area (Å²) in [4.78, 5) is 30.5. The van der Waals surface area contributed by atoms with Crippen LogP contribution in [-0.4, -0.2) is 34.9 Å². The molecule has 0 saturated carbocycles. The maximum Gasteiger partial charge on any atom is 0.257 e. The zero-order valence-electron chi connectivity index (χ0n) is 19.4. The van der Waals surface area contributed by atoms with Crippen molar-refractivity contribution in [1.29, 1.82) is 0 Å². The van der Waals surface area contributed by atoms with E-state index >= 15 is 0 Å². The van der Waals surface area contributed by atoms with Crippen LogP contribution in [0.25, 0.3) is 10.9 Å². The Balaban J connectivity index is 1.39. The molecular formula is C28H25FN4O2. The number of anilines is 1. The van der Waals surface area contributed by atoms with Crippen molar-refractivity contribution in [2.45, 2.75) is 25.7 Å². The molecule has 2 aliphatic heterocycles. The first-order chi connectivity index (χ1) is 17.0. The number of nitrogens with zero attached hydrogens (tertiary/aromatic N) is 3. The molecule has 176 valence electrons. The van der Waals surface area contributed by atoms with Gasteiger partial charge in [-0.1, -0.05) is 42.5 Å². The highest BCUT2D eigenvalue weighted by Gasteiger charge is 2.42. The molecule has 2 amide bonds. The van der Waals surface area contributed by atoms with E-state index in [0.717, 1.165) is 28.7 Å². The van der Waals surface area contributed by atoms with Crippen LogP contribution < -0.4 is 10.2 Å². The van der Waals surface area contributed by atoms with Crippen molar-refractivity contribution < 1.29 is 14.0 Å². The summed E-state index contributed by atoms with van der Waals surface area (Å²) in [6.45, 7) is 0.980. The Labute approximate surface area is 202 Å². The van der Waals surface area contributed by atoms with Crippen LogP contribution in [0.1, 0.15) is 33.3 Å². The summed E-state index contributed by atoms with van der Waals surface area (Å²) < 4.78 is 15.6. The molecule has 0 spiro atoms. The second-order valence-electron chi connectivity index (χ2n) is 9.12. The second kappa shape index (κ2) is 8.27. The predicted molar refractivity (Wildman–Crippen MR) is 133 cm³/mol. The third-order valence-electron chi connectivity index (χ3n) is 7.09. The molecule has 4 aromatic rings. The first kappa shape index (κ1) is 21.4. The molecule has 0 unspecified atom stereocenters. The minimum atomic E-state index is -0.326. The molecule has 0 radical (unpaired) electrons. The average Bonchev–Trinajstić information content (AvgIpc) is 3.19. The van der Waals surface area contributed by atoms with E-state index in [4.69, 9.17) is 0 Å². The van der Waals surface area contributed by atoms with Gasteiger partial charge in [-0.2, -0.15) is 0 Å². The molecule has 7 heteroatoms. The fourth-order valence-electron chi connectivity index (χ4n) is 5.53. The summed E-state index contributed by atoms with van der Waals surface area (Å²) in [5.74, 6) is -0.477. The molecule has 1 aromatic heterocycles. The Morgan fingerprint density at radius 1 is 1.06 bits per heavy atom. The van der Waals surface area contributed by atoms with Gasteiger partial charge in [0.1, 0.15) is 18.5 Å². The highest BCUT2D eigenvalue weighted by molar-refractivity contribution is 6.02. The van der Waals surface area contributed by atoms with Crippen molar-refractivity contribution >= 4 is 28.4 Å². The minimum absolute atomic E-state index is 0.0155. The van der Waals surface area contributed by atoms with Crippen molar-refractivity contribution in [3.63, 3.8) is 0 Å². The molecule has 0 bridgehead atoms. The lowest BCUT2D eigenvalue weighted by Crippen LogP contribution is -2.51. The van der Waals surface area contributed by atoms with E-state index in [-0.39, 0.29) is 36.9 Å². The van der Waals surface area contributed by atoms with Crippen LogP contribution in [0.2, 0.25) is 0 Å². The summed E-state index contributed by atoms with van der Waals surface area (Å²) in [5, 5.41) is 4.03. The van der Waals surface area contributed by atoms with Crippen LogP contribution in [0.15, 0.2) is 72.8 Å². The molecule has 3 heterocycles. The molecule has 0 fully saturated rings. The van der Waals surface area contributed by atoms with Gasteiger partial charge in [0.25, 0.3) is 5.91 Å². The van der Waals surface area contributed by atoms with Crippen LogP contribution in [0.3, 0.4) is 0 Å². The van der Waals surface area contributed by atoms with Gasteiger partial charge in [-0.05, 0) is 47.9 Å². The molecule has 35 heavy (non-hydrogen) atoms. The van der Waals surface area contributed by atoms with Gasteiger partial charge in [-0.3, -0.25) is 9.59 Å². The Bertz CT molecular complexity index is 1480. The maximum atomic E-state index is 13.5. The largest absolute Gasteiger partial charge is 0.350 e. The number of halogens is 1. The topological polar surface area (TPSA) is 57.6 Å². The Hall–Kier alpha value is -4.13. The summed E-state index contributed by atoms with van der Waals surface area (Å²) in [6, 6.07) is 22.0. The standard InChI is InChI=1S/C28H25FN4O2/c1-31-23-11-4-3-10-22(23)28(35)32-14-13-21-20-9-2-5-12-24(20)33(26(21)27(31)32)17-25(34)30-16-18-7-6-8-19(29)15-18/h2-12,15,27H,13-14,16-17H2,1H3,(H,30,34)/t27-/m1/s1. The number of nitrogens with one attached hydrogen (secondary N) is 1. The van der Waals surface area contributed by atoms with E-state index in [1.54, 1.807) is 12.1 Å². The number of carbonyl (C=O) groups is 2. The molecule has 2 aliphatic rings. The molecule has 6 rings (SSSR count). The molecule has 1 N–H and O–H groups in total. The lowest BCUT2D eigenvalue weighted by molar-refractivity contribution is -0.121. The van der Waals surface area contributed by atoms with Crippen molar-refractivity contribution in [3.8, 4) is 0 Å². The van der Waals surface area contributed by atoms with Crippen LogP contribution in [-0.2, 0) is 24.3 Å². The number of hydrogen-bond acceptors (Lipinski definition) is 3. The van der Waals surface area contributed by atoms with Gasteiger partial charge in [0.15, 0.2) is 0 Å². The Morgan fingerprint density at radius 3 is 2.71 bits per heavy atom. The molecule has 0 aliphatic carbocycles. The third kappa shape index (κ3) is 3.46. The molecule has 1 atom stereocenters. The first-order valence-corrected chi connectivity index (χ1v) is 11.8. The zero-order valence-corrected chi connectivity index (χ0v) is 19.4. The van der Waals surface area contributed by atoms with E-state index in [1.165, 1.54) is 17.7 Å². The van der Waals surface area contributed by atoms with Gasteiger partial charge in [0, 0.05) is 31.0 Å². The molecule has 3 aromatic carbocycles. The Morgan fingerprint density at radius 2 is 1.86 bits per heavy atom. The van der Waals surface area contributed by atoms with Crippen molar-refractivity contribution in [2.75, 3.05) is 18.5 Å². The van der Waals surface area contributed by atoms with Gasteiger partial charge in [-0.25, -0.2) is 4.39 Å². The quantitative estimate of drug-likeness (QED) is 0.487. The number of carbonyl (C=O) groups excluding carboxylic acids is 2. The zero-order chi connectivity index (χ0) is 24.1. The second-order valence-corrected chi connectivity index (χ2v) is 9.12. The summed E-state index contributed by atoms with van der Waals surface area (Å²) >= 11 is 0. The van der Waals surface area contributed by atoms with Crippen molar-refractivity contribution in [2.24, 2.45) is 0 Å². The van der Waals surface area contributed by atoms with E-state index in [9.17, 15) is 14.0 Å². The molecular weight excluding hydrogens is 443 g/mol. The monoisotopic (exact) mass is 468 g/mol. The van der Waals surface area contributed by atoms with Crippen molar-refractivity contribution in [1.82, 2.24) is 14.8 Å². The van der Waals surface area contributed by atoms with Gasteiger partial charge in [-0.15, -0.1) is 0 Å². The highest BCUT2D eigenvalue weighted by atomic mass is 19.1. The number of hydrogen-bond donors (Lipinski definition) is 1. The number of amides is 2. The maximum absolute atomic E-state index is 13.5. The summed E-state index contributed by atoms with van der Waals surface area (Å²) in [5.41, 5.74) is 5.42. The minimum Gasteiger partial charge on any atom is -0.350 e. The number of rotatable bonds is 4. The Kier molecular flexibility index (Phi) is 5.06.